The number of hydrogen-bond acceptors (Lipinski definition) is 12. The molecule has 0 heterocycles. The summed E-state index contributed by atoms with van der Waals surface area (Å²) in [7, 11) is -7.79. The van der Waals surface area contributed by atoms with E-state index in [2.05, 4.69) is 41.8 Å². The van der Waals surface area contributed by atoms with Crippen molar-refractivity contribution in [2.75, 3.05) is 20.1 Å². The summed E-state index contributed by atoms with van der Waals surface area (Å²) in [6.07, 6.45) is 0.586. The Labute approximate surface area is 384 Å². The number of carboxylic acids is 1. The van der Waals surface area contributed by atoms with Gasteiger partial charge in [0.1, 0.15) is 41.2 Å². The summed E-state index contributed by atoms with van der Waals surface area (Å²) >= 11 is 0. The Kier molecular flexibility index (Phi) is 23.8. The topological polar surface area (TPSA) is 395 Å². The van der Waals surface area contributed by atoms with E-state index in [4.69, 9.17) is 17.2 Å². The third kappa shape index (κ3) is 19.4. The summed E-state index contributed by atoms with van der Waals surface area (Å²) in [5.74, 6) is -8.65. The highest BCUT2D eigenvalue weighted by Gasteiger charge is 2.41. The van der Waals surface area contributed by atoms with Gasteiger partial charge in [0, 0.05) is 13.0 Å². The minimum absolute atomic E-state index is 0.0271. The number of aliphatic carboxylic acids is 1. The molecule has 25 heteroatoms. The fourth-order valence-corrected chi connectivity index (χ4v) is 9.66. The molecular formula is C41H69N11O12P2. The van der Waals surface area contributed by atoms with Crippen molar-refractivity contribution >= 4 is 50.6 Å². The molecule has 23 nitrogen and oxygen atoms in total. The maximum absolute atomic E-state index is 14.4. The number of amides is 4. The molecule has 0 aliphatic rings. The van der Waals surface area contributed by atoms with Crippen molar-refractivity contribution in [3.05, 3.63) is 59.7 Å². The molecule has 370 valence electrons. The van der Waals surface area contributed by atoms with Gasteiger partial charge in [-0.15, -0.1) is 0 Å². The summed E-state index contributed by atoms with van der Waals surface area (Å²) in [4.78, 5) is 93.8. The van der Waals surface area contributed by atoms with Crippen molar-refractivity contribution in [3.8, 4) is 11.5 Å². The van der Waals surface area contributed by atoms with E-state index < -0.39 is 92.3 Å². The second-order valence-corrected chi connectivity index (χ2v) is 20.4. The molecule has 0 radical (unpaired) electrons. The summed E-state index contributed by atoms with van der Waals surface area (Å²) < 4.78 is 27.7. The molecule has 0 aromatic heterocycles. The summed E-state index contributed by atoms with van der Waals surface area (Å²) in [5.41, 5.74) is 17.2. The van der Waals surface area contributed by atoms with Gasteiger partial charge in [0.25, 0.3) is 15.0 Å². The highest BCUT2D eigenvalue weighted by Crippen LogP contribution is 2.46. The first kappa shape index (κ1) is 57.0. The number of carbonyl (C=O) groups is 5. The van der Waals surface area contributed by atoms with Crippen molar-refractivity contribution in [1.82, 2.24) is 36.8 Å². The molecule has 0 spiro atoms. The van der Waals surface area contributed by atoms with Crippen molar-refractivity contribution in [2.24, 2.45) is 28.1 Å². The van der Waals surface area contributed by atoms with Crippen LogP contribution in [0.1, 0.15) is 77.3 Å². The van der Waals surface area contributed by atoms with Crippen LogP contribution in [-0.4, -0.2) is 123 Å². The van der Waals surface area contributed by atoms with Crippen molar-refractivity contribution in [2.45, 2.75) is 121 Å². The summed E-state index contributed by atoms with van der Waals surface area (Å²) in [6.45, 7) is 6.45. The number of nitrogens with zero attached hydrogens (tertiary/aromatic N) is 1. The van der Waals surface area contributed by atoms with Crippen molar-refractivity contribution in [3.63, 3.8) is 0 Å². The van der Waals surface area contributed by atoms with Crippen LogP contribution in [-0.2, 0) is 45.9 Å². The van der Waals surface area contributed by atoms with Gasteiger partial charge in [-0.05, 0) is 107 Å². The van der Waals surface area contributed by atoms with Crippen LogP contribution < -0.4 is 54.0 Å². The molecule has 0 aliphatic carbocycles. The van der Waals surface area contributed by atoms with Crippen LogP contribution in [0.15, 0.2) is 53.5 Å². The predicted molar refractivity (Wildman–Crippen MR) is 249 cm³/mol. The Morgan fingerprint density at radius 3 is 1.65 bits per heavy atom. The SMILES string of the molecule is CCC(C)C(NC(=O)C(C)NC)P(=O)(O)NC(Cc1ccc(O)cc1)C(=O)NC(Cc1ccc(O)cc1)C(=O)NC(CCCCN)C(=O)NC(C)P(=O)(O)NC(CCCN=C(N)N)C(=O)O. The molecule has 0 bridgehead atoms. The lowest BCUT2D eigenvalue weighted by molar-refractivity contribution is -0.139. The number of carbonyl (C=O) groups excluding carboxylic acids is 4. The Balaban J connectivity index is 2.52. The van der Waals surface area contributed by atoms with E-state index >= 15 is 0 Å². The largest absolute Gasteiger partial charge is 0.508 e. The van der Waals surface area contributed by atoms with Gasteiger partial charge in [0.2, 0.25) is 23.6 Å². The second-order valence-electron chi connectivity index (χ2n) is 16.1. The minimum atomic E-state index is -4.69. The molecule has 2 aromatic carbocycles. The molecule has 0 saturated heterocycles. The van der Waals surface area contributed by atoms with Gasteiger partial charge in [-0.1, -0.05) is 44.5 Å². The lowest BCUT2D eigenvalue weighted by Crippen LogP contribution is -2.58. The van der Waals surface area contributed by atoms with E-state index in [1.807, 2.05) is 0 Å². The van der Waals surface area contributed by atoms with E-state index in [-0.39, 0.29) is 62.7 Å². The average Bonchev–Trinajstić information content (AvgIpc) is 3.26. The van der Waals surface area contributed by atoms with E-state index in [0.717, 1.165) is 0 Å². The Hall–Kier alpha value is -5.12. The number of rotatable bonds is 30. The summed E-state index contributed by atoms with van der Waals surface area (Å²) in [6, 6.07) is 4.72. The normalized spacial score (nSPS) is 16.8. The van der Waals surface area contributed by atoms with E-state index in [9.17, 15) is 58.2 Å². The fourth-order valence-electron chi connectivity index (χ4n) is 6.43. The molecule has 0 aliphatic heterocycles. The van der Waals surface area contributed by atoms with E-state index in [0.29, 0.717) is 30.4 Å². The van der Waals surface area contributed by atoms with Gasteiger partial charge < -0.3 is 68.9 Å². The van der Waals surface area contributed by atoms with Crippen LogP contribution >= 0.6 is 15.0 Å². The van der Waals surface area contributed by atoms with Crippen molar-refractivity contribution in [1.29, 1.82) is 0 Å². The van der Waals surface area contributed by atoms with Crippen LogP contribution in [0, 0.1) is 5.92 Å². The molecule has 0 saturated carbocycles. The number of phenols is 2. The number of nitrogens with two attached hydrogens (primary N) is 3. The van der Waals surface area contributed by atoms with E-state index in [1.54, 1.807) is 27.8 Å². The molecule has 0 fully saturated rings. The third-order valence-electron chi connectivity index (χ3n) is 10.8. The quantitative estimate of drug-likeness (QED) is 0.0211. The van der Waals surface area contributed by atoms with Gasteiger partial charge in [0.15, 0.2) is 5.96 Å². The fraction of sp³-hybridized carbons (Fsp3) is 0.561. The monoisotopic (exact) mass is 969 g/mol. The predicted octanol–water partition coefficient (Wildman–Crippen LogP) is -0.0345. The van der Waals surface area contributed by atoms with Crippen LogP contribution in [0.4, 0.5) is 0 Å². The zero-order chi connectivity index (χ0) is 49.8. The number of nitrogens with one attached hydrogen (secondary N) is 7. The van der Waals surface area contributed by atoms with Crippen LogP contribution in [0.2, 0.25) is 0 Å². The highest BCUT2D eigenvalue weighted by molar-refractivity contribution is 7.57. The lowest BCUT2D eigenvalue weighted by atomic mass is 10.0. The number of guanidine groups is 1. The highest BCUT2D eigenvalue weighted by atomic mass is 31.2. The molecule has 4 amide bonds. The smallest absolute Gasteiger partial charge is 0.321 e. The number of benzene rings is 2. The number of aliphatic imine (C=N–C) groups is 1. The molecule has 18 N–H and O–H groups in total. The second kappa shape index (κ2) is 27.5. The number of carboxylic acid groups (broad SMARTS) is 1. The first-order valence-electron chi connectivity index (χ1n) is 21.6. The maximum atomic E-state index is 14.4. The van der Waals surface area contributed by atoms with Crippen LogP contribution in [0.5, 0.6) is 11.5 Å². The van der Waals surface area contributed by atoms with Gasteiger partial charge in [0.05, 0.1) is 12.1 Å². The molecule has 10 unspecified atom stereocenters. The van der Waals surface area contributed by atoms with E-state index in [1.165, 1.54) is 55.5 Å². The van der Waals surface area contributed by atoms with Crippen LogP contribution in [0.25, 0.3) is 0 Å². The number of phenolic OH excluding ortho intramolecular Hbond substituents is 2. The first-order chi connectivity index (χ1) is 30.9. The minimum Gasteiger partial charge on any atom is -0.508 e. The number of hydrogen-bond donors (Lipinski definition) is 15. The molecular weight excluding hydrogens is 900 g/mol. The standard InChI is InChI=1S/C41H69N11O12P2/c1-6-24(2)39(50-35(55)25(3)45-5)66(63,64)52-34(23-28-14-18-30(54)19-15-28)38(58)49-33(22-27-12-16-29(53)17-13-27)37(57)48-31(10-7-8-20-42)36(56)47-26(4)65(61,62)51-32(40(59)60)11-9-21-46-41(43)44/h12-19,24-26,31-34,39,45,53-54H,6-11,20-23,42H2,1-5H3,(H,47,56)(H,48,57)(H,49,58)(H,50,55)(H,59,60)(H4,43,44,46)(H2,51,61,62)(H2,52,63,64). The average molecular weight is 970 g/mol. The molecule has 2 rings (SSSR count). The molecule has 2 aromatic rings. The zero-order valence-corrected chi connectivity index (χ0v) is 39.8. The summed E-state index contributed by atoms with van der Waals surface area (Å²) in [5, 5.41) is 47.4. The van der Waals surface area contributed by atoms with Gasteiger partial charge in [-0.3, -0.25) is 38.1 Å². The van der Waals surface area contributed by atoms with Gasteiger partial charge in [-0.2, -0.15) is 0 Å². The Morgan fingerprint density at radius 2 is 1.15 bits per heavy atom. The molecule has 66 heavy (non-hydrogen) atoms. The maximum Gasteiger partial charge on any atom is 0.321 e. The first-order valence-corrected chi connectivity index (χ1v) is 25.0. The zero-order valence-electron chi connectivity index (χ0n) is 38.0. The Bertz CT molecular complexity index is 2030. The third-order valence-corrected chi connectivity index (χ3v) is 14.7. The van der Waals surface area contributed by atoms with Crippen LogP contribution in [0.3, 0.4) is 0 Å². The molecule has 10 atom stereocenters. The number of unbranched alkanes of at least 4 members (excludes halogenated alkanes) is 1. The Morgan fingerprint density at radius 1 is 0.667 bits per heavy atom. The number of likely N-dealkylation sites (N-methyl/N-ethyl adjacent to an activating group) is 1. The lowest BCUT2D eigenvalue weighted by Gasteiger charge is -2.33. The van der Waals surface area contributed by atoms with Crippen molar-refractivity contribution < 1.29 is 58.2 Å². The van der Waals surface area contributed by atoms with Gasteiger partial charge >= 0.3 is 5.97 Å². The van der Waals surface area contributed by atoms with Gasteiger partial charge in [-0.25, -0.2) is 10.2 Å². The number of aromatic hydroxyl groups is 2.